The molecule has 1 spiro atoms. The molecule has 2 aliphatic heterocycles. The van der Waals surface area contributed by atoms with Gasteiger partial charge in [0.25, 0.3) is 0 Å². The van der Waals surface area contributed by atoms with Crippen molar-refractivity contribution in [3.05, 3.63) is 17.7 Å². The summed E-state index contributed by atoms with van der Waals surface area (Å²) in [5.74, 6) is 0.295. The molecule has 3 aliphatic rings. The van der Waals surface area contributed by atoms with Crippen molar-refractivity contribution < 1.29 is 9.59 Å². The molecule has 1 saturated heterocycles. The van der Waals surface area contributed by atoms with Gasteiger partial charge in [0.15, 0.2) is 0 Å². The standard InChI is InChI=1S/C20H32N6O2/c1-24(2)17(27)13-25-8-10-26(11-9-25)19(28)16-12-15-18(22-14-21-15)20(23-16)6-4-3-5-7-20/h14,16,23H,3-13H2,1-2H3,(H,21,22). The van der Waals surface area contributed by atoms with Crippen LogP contribution in [0.15, 0.2) is 6.33 Å². The molecule has 1 saturated carbocycles. The second-order valence-corrected chi connectivity index (χ2v) is 8.66. The van der Waals surface area contributed by atoms with Crippen molar-refractivity contribution >= 4 is 11.8 Å². The lowest BCUT2D eigenvalue weighted by Crippen LogP contribution is -2.61. The van der Waals surface area contributed by atoms with Crippen molar-refractivity contribution in [3.63, 3.8) is 0 Å². The number of piperazine rings is 1. The highest BCUT2D eigenvalue weighted by molar-refractivity contribution is 5.83. The molecule has 0 radical (unpaired) electrons. The average Bonchev–Trinajstić information content (AvgIpc) is 3.18. The molecule has 8 heteroatoms. The number of rotatable bonds is 3. The lowest BCUT2D eigenvalue weighted by molar-refractivity contribution is -0.137. The normalized spacial score (nSPS) is 24.8. The predicted octanol–water partition coefficient (Wildman–Crippen LogP) is 0.316. The predicted molar refractivity (Wildman–Crippen MR) is 106 cm³/mol. The van der Waals surface area contributed by atoms with E-state index < -0.39 is 0 Å². The summed E-state index contributed by atoms with van der Waals surface area (Å²) >= 11 is 0. The van der Waals surface area contributed by atoms with Crippen molar-refractivity contribution in [3.8, 4) is 0 Å². The molecule has 0 aromatic carbocycles. The SMILES string of the molecule is CN(C)C(=O)CN1CCN(C(=O)C2Cc3[nH]cnc3C3(CCCCC3)N2)CC1. The average molecular weight is 389 g/mol. The van der Waals surface area contributed by atoms with Gasteiger partial charge in [0.05, 0.1) is 30.1 Å². The van der Waals surface area contributed by atoms with E-state index in [1.54, 1.807) is 25.3 Å². The lowest BCUT2D eigenvalue weighted by atomic mass is 9.75. The number of carbonyl (C=O) groups excluding carboxylic acids is 2. The molecule has 3 heterocycles. The molecule has 154 valence electrons. The smallest absolute Gasteiger partial charge is 0.240 e. The second kappa shape index (κ2) is 7.83. The maximum Gasteiger partial charge on any atom is 0.240 e. The molecule has 2 amide bonds. The minimum Gasteiger partial charge on any atom is -0.348 e. The van der Waals surface area contributed by atoms with Crippen LogP contribution in [0.25, 0.3) is 0 Å². The van der Waals surface area contributed by atoms with Crippen molar-refractivity contribution in [1.82, 2.24) is 30.0 Å². The van der Waals surface area contributed by atoms with E-state index in [2.05, 4.69) is 20.2 Å². The molecule has 1 atom stereocenters. The fourth-order valence-corrected chi connectivity index (χ4v) is 4.91. The molecule has 2 N–H and O–H groups in total. The Morgan fingerprint density at radius 2 is 1.89 bits per heavy atom. The Bertz CT molecular complexity index is 716. The number of nitrogens with zero attached hydrogens (tertiary/aromatic N) is 4. The number of fused-ring (bicyclic) bond motifs is 2. The number of H-pyrrole nitrogens is 1. The number of aromatic nitrogens is 2. The highest BCUT2D eigenvalue weighted by atomic mass is 16.2. The first-order valence-electron chi connectivity index (χ1n) is 10.5. The van der Waals surface area contributed by atoms with Gasteiger partial charge in [-0.1, -0.05) is 19.3 Å². The molecule has 28 heavy (non-hydrogen) atoms. The molecule has 1 unspecified atom stereocenters. The quantitative estimate of drug-likeness (QED) is 0.779. The molecule has 4 rings (SSSR count). The summed E-state index contributed by atoms with van der Waals surface area (Å²) in [5, 5.41) is 3.72. The van der Waals surface area contributed by atoms with Crippen molar-refractivity contribution in [1.29, 1.82) is 0 Å². The molecule has 2 fully saturated rings. The maximum absolute atomic E-state index is 13.3. The van der Waals surface area contributed by atoms with E-state index in [9.17, 15) is 9.59 Å². The third-order valence-electron chi connectivity index (χ3n) is 6.58. The zero-order chi connectivity index (χ0) is 19.7. The summed E-state index contributed by atoms with van der Waals surface area (Å²) in [6.07, 6.45) is 8.17. The van der Waals surface area contributed by atoms with E-state index in [0.29, 0.717) is 26.1 Å². The Labute approximate surface area is 166 Å². The van der Waals surface area contributed by atoms with Gasteiger partial charge in [0, 0.05) is 52.4 Å². The van der Waals surface area contributed by atoms with Crippen LogP contribution >= 0.6 is 0 Å². The lowest BCUT2D eigenvalue weighted by Gasteiger charge is -2.45. The van der Waals surface area contributed by atoms with Gasteiger partial charge in [-0.3, -0.25) is 19.8 Å². The van der Waals surface area contributed by atoms with Gasteiger partial charge < -0.3 is 14.8 Å². The van der Waals surface area contributed by atoms with Crippen molar-refractivity contribution in [2.45, 2.75) is 50.1 Å². The highest BCUT2D eigenvalue weighted by Gasteiger charge is 2.45. The minimum absolute atomic E-state index is 0.111. The maximum atomic E-state index is 13.3. The molecule has 1 aliphatic carbocycles. The largest absolute Gasteiger partial charge is 0.348 e. The summed E-state index contributed by atoms with van der Waals surface area (Å²) in [7, 11) is 3.56. The van der Waals surface area contributed by atoms with Gasteiger partial charge in [0.1, 0.15) is 0 Å². The number of aromatic amines is 1. The van der Waals surface area contributed by atoms with Crippen LogP contribution in [-0.4, -0.2) is 89.3 Å². The van der Waals surface area contributed by atoms with Gasteiger partial charge in [-0.15, -0.1) is 0 Å². The third kappa shape index (κ3) is 3.67. The van der Waals surface area contributed by atoms with Crippen molar-refractivity contribution in [2.75, 3.05) is 46.8 Å². The Balaban J connectivity index is 1.40. The zero-order valence-electron chi connectivity index (χ0n) is 17.0. The van der Waals surface area contributed by atoms with E-state index in [1.807, 2.05) is 4.90 Å². The summed E-state index contributed by atoms with van der Waals surface area (Å²) in [5.41, 5.74) is 2.10. The Kier molecular flexibility index (Phi) is 5.42. The zero-order valence-corrected chi connectivity index (χ0v) is 17.0. The van der Waals surface area contributed by atoms with Crippen LogP contribution in [0, 0.1) is 0 Å². The van der Waals surface area contributed by atoms with E-state index in [-0.39, 0.29) is 23.4 Å². The first-order valence-corrected chi connectivity index (χ1v) is 10.5. The highest BCUT2D eigenvalue weighted by Crippen LogP contribution is 2.40. The number of likely N-dealkylation sites (N-methyl/N-ethyl adjacent to an activating group) is 1. The number of amides is 2. The monoisotopic (exact) mass is 388 g/mol. The van der Waals surface area contributed by atoms with Gasteiger partial charge in [-0.05, 0) is 12.8 Å². The fourth-order valence-electron chi connectivity index (χ4n) is 4.91. The summed E-state index contributed by atoms with van der Waals surface area (Å²) in [6.45, 7) is 3.29. The first kappa shape index (κ1) is 19.4. The topological polar surface area (TPSA) is 84.6 Å². The van der Waals surface area contributed by atoms with E-state index in [4.69, 9.17) is 0 Å². The van der Waals surface area contributed by atoms with Crippen LogP contribution in [-0.2, 0) is 21.5 Å². The molecule has 1 aromatic rings. The summed E-state index contributed by atoms with van der Waals surface area (Å²) in [4.78, 5) is 38.8. The summed E-state index contributed by atoms with van der Waals surface area (Å²) < 4.78 is 0. The van der Waals surface area contributed by atoms with E-state index in [0.717, 1.165) is 37.3 Å². The van der Waals surface area contributed by atoms with Crippen LogP contribution < -0.4 is 5.32 Å². The number of nitrogens with one attached hydrogen (secondary N) is 2. The Morgan fingerprint density at radius 3 is 2.57 bits per heavy atom. The van der Waals surface area contributed by atoms with Gasteiger partial charge in [-0.2, -0.15) is 0 Å². The van der Waals surface area contributed by atoms with Crippen LogP contribution in [0.3, 0.4) is 0 Å². The second-order valence-electron chi connectivity index (χ2n) is 8.66. The summed E-state index contributed by atoms with van der Waals surface area (Å²) in [6, 6.07) is -0.194. The molecular weight excluding hydrogens is 356 g/mol. The van der Waals surface area contributed by atoms with Crippen LogP contribution in [0.1, 0.15) is 43.5 Å². The Morgan fingerprint density at radius 1 is 1.18 bits per heavy atom. The third-order valence-corrected chi connectivity index (χ3v) is 6.58. The number of hydrogen-bond acceptors (Lipinski definition) is 5. The minimum atomic E-state index is -0.194. The van der Waals surface area contributed by atoms with Crippen LogP contribution in [0.2, 0.25) is 0 Å². The molecule has 0 bridgehead atoms. The molecule has 8 nitrogen and oxygen atoms in total. The first-order chi connectivity index (χ1) is 13.5. The van der Waals surface area contributed by atoms with E-state index >= 15 is 0 Å². The van der Waals surface area contributed by atoms with Crippen LogP contribution in [0.4, 0.5) is 0 Å². The Hall–Kier alpha value is -1.93. The van der Waals surface area contributed by atoms with Crippen molar-refractivity contribution in [2.24, 2.45) is 0 Å². The molecule has 1 aromatic heterocycles. The van der Waals surface area contributed by atoms with Crippen LogP contribution in [0.5, 0.6) is 0 Å². The fraction of sp³-hybridized carbons (Fsp3) is 0.750. The van der Waals surface area contributed by atoms with Gasteiger partial charge in [-0.25, -0.2) is 4.98 Å². The van der Waals surface area contributed by atoms with Gasteiger partial charge in [0.2, 0.25) is 11.8 Å². The molecular formula is C20H32N6O2. The number of carbonyl (C=O) groups is 2. The number of imidazole rings is 1. The van der Waals surface area contributed by atoms with E-state index in [1.165, 1.54) is 19.3 Å². The van der Waals surface area contributed by atoms with Gasteiger partial charge >= 0.3 is 0 Å². The number of hydrogen-bond donors (Lipinski definition) is 2.